The van der Waals surface area contributed by atoms with Gasteiger partial charge >= 0.3 is 0 Å². The number of nitrogens with zero attached hydrogens (tertiary/aromatic N) is 1. The van der Waals surface area contributed by atoms with Crippen molar-refractivity contribution >= 4 is 17.2 Å². The third-order valence-electron chi connectivity index (χ3n) is 4.37. The number of rotatable bonds is 5. The summed E-state index contributed by atoms with van der Waals surface area (Å²) in [4.78, 5) is 17.0. The first-order valence-corrected chi connectivity index (χ1v) is 8.92. The zero-order valence-corrected chi connectivity index (χ0v) is 14.2. The number of nitrogens with one attached hydrogen (secondary N) is 1. The molecule has 1 aromatic heterocycles. The van der Waals surface area contributed by atoms with E-state index in [1.807, 2.05) is 35.7 Å². The second-order valence-corrected chi connectivity index (χ2v) is 7.34. The Bertz CT molecular complexity index is 663. The quantitative estimate of drug-likeness (QED) is 0.882. The summed E-state index contributed by atoms with van der Waals surface area (Å²) in [6, 6.07) is 9.90. The second kappa shape index (κ2) is 6.81. The number of carbonyl (C=O) groups excluding carboxylic acids is 1. The third-order valence-corrected chi connectivity index (χ3v) is 5.23. The van der Waals surface area contributed by atoms with Gasteiger partial charge in [0.15, 0.2) is 5.01 Å². The first-order chi connectivity index (χ1) is 11.0. The van der Waals surface area contributed by atoms with Gasteiger partial charge in [-0.2, -0.15) is 0 Å². The van der Waals surface area contributed by atoms with Crippen LogP contribution in [0.15, 0.2) is 35.7 Å². The summed E-state index contributed by atoms with van der Waals surface area (Å²) >= 11 is 1.39. The van der Waals surface area contributed by atoms with Crippen LogP contribution in [0.25, 0.3) is 0 Å². The van der Waals surface area contributed by atoms with E-state index in [2.05, 4.69) is 24.1 Å². The van der Waals surface area contributed by atoms with Crippen molar-refractivity contribution in [2.45, 2.75) is 44.8 Å². The van der Waals surface area contributed by atoms with Crippen LogP contribution in [0.2, 0.25) is 0 Å². The van der Waals surface area contributed by atoms with Gasteiger partial charge < -0.3 is 10.4 Å². The summed E-state index contributed by atoms with van der Waals surface area (Å²) in [5.41, 5.74) is 2.04. The minimum Gasteiger partial charge on any atom is -0.393 e. The Morgan fingerprint density at radius 2 is 2.00 bits per heavy atom. The SMILES string of the molecule is CC(C)c1csc(C(=O)N[C@H](c2ccccc2)C2CC(O)C2)n1. The summed E-state index contributed by atoms with van der Waals surface area (Å²) in [6.07, 6.45) is 1.22. The molecule has 5 heteroatoms. The molecule has 2 N–H and O–H groups in total. The zero-order chi connectivity index (χ0) is 16.4. The molecule has 1 aliphatic rings. The van der Waals surface area contributed by atoms with Crippen LogP contribution < -0.4 is 5.32 Å². The van der Waals surface area contributed by atoms with E-state index < -0.39 is 0 Å². The lowest BCUT2D eigenvalue weighted by atomic mass is 9.75. The van der Waals surface area contributed by atoms with Crippen molar-refractivity contribution < 1.29 is 9.90 Å². The zero-order valence-electron chi connectivity index (χ0n) is 13.4. The van der Waals surface area contributed by atoms with Gasteiger partial charge in [-0.1, -0.05) is 44.2 Å². The Morgan fingerprint density at radius 3 is 2.57 bits per heavy atom. The molecule has 3 rings (SSSR count). The molecule has 1 aliphatic carbocycles. The van der Waals surface area contributed by atoms with E-state index in [9.17, 15) is 9.90 Å². The van der Waals surface area contributed by atoms with Crippen molar-refractivity contribution in [3.05, 3.63) is 52.0 Å². The Morgan fingerprint density at radius 1 is 1.30 bits per heavy atom. The van der Waals surface area contributed by atoms with E-state index in [0.717, 1.165) is 24.1 Å². The molecule has 1 amide bonds. The van der Waals surface area contributed by atoms with Crippen molar-refractivity contribution in [2.24, 2.45) is 5.92 Å². The maximum atomic E-state index is 12.6. The molecule has 122 valence electrons. The normalized spacial score (nSPS) is 21.7. The topological polar surface area (TPSA) is 62.2 Å². The number of benzene rings is 1. The van der Waals surface area contributed by atoms with E-state index in [4.69, 9.17) is 0 Å². The summed E-state index contributed by atoms with van der Waals surface area (Å²) in [5, 5.41) is 15.2. The van der Waals surface area contributed by atoms with Crippen LogP contribution in [0.5, 0.6) is 0 Å². The molecular weight excluding hydrogens is 308 g/mol. The number of aliphatic hydroxyl groups excluding tert-OH is 1. The molecular formula is C18H22N2O2S. The highest BCUT2D eigenvalue weighted by Crippen LogP contribution is 2.38. The van der Waals surface area contributed by atoms with E-state index >= 15 is 0 Å². The van der Waals surface area contributed by atoms with Crippen LogP contribution in [-0.4, -0.2) is 22.1 Å². The highest BCUT2D eigenvalue weighted by Gasteiger charge is 2.36. The van der Waals surface area contributed by atoms with Crippen LogP contribution in [0.1, 0.15) is 59.7 Å². The lowest BCUT2D eigenvalue weighted by Gasteiger charge is -2.38. The molecule has 0 radical (unpaired) electrons. The third kappa shape index (κ3) is 3.62. The van der Waals surface area contributed by atoms with Gasteiger partial charge in [0, 0.05) is 5.38 Å². The monoisotopic (exact) mass is 330 g/mol. The number of carbonyl (C=O) groups is 1. The molecule has 0 unspecified atom stereocenters. The molecule has 1 heterocycles. The average Bonchev–Trinajstić information content (AvgIpc) is 3.01. The summed E-state index contributed by atoms with van der Waals surface area (Å²) in [7, 11) is 0. The highest BCUT2D eigenvalue weighted by atomic mass is 32.1. The van der Waals surface area contributed by atoms with Crippen molar-refractivity contribution in [3.8, 4) is 0 Å². The molecule has 0 saturated heterocycles. The second-order valence-electron chi connectivity index (χ2n) is 6.48. The summed E-state index contributed by atoms with van der Waals surface area (Å²) in [5.74, 6) is 0.470. The summed E-state index contributed by atoms with van der Waals surface area (Å²) < 4.78 is 0. The van der Waals surface area contributed by atoms with E-state index in [1.54, 1.807) is 0 Å². The Hall–Kier alpha value is -1.72. The molecule has 1 fully saturated rings. The fraction of sp³-hybridized carbons (Fsp3) is 0.444. The van der Waals surface area contributed by atoms with Gasteiger partial charge in [0.2, 0.25) is 0 Å². The average molecular weight is 330 g/mol. The fourth-order valence-electron chi connectivity index (χ4n) is 2.89. The largest absolute Gasteiger partial charge is 0.393 e. The van der Waals surface area contributed by atoms with Gasteiger partial charge in [-0.05, 0) is 30.2 Å². The number of thiazole rings is 1. The predicted molar refractivity (Wildman–Crippen MR) is 91.6 cm³/mol. The molecule has 0 aliphatic heterocycles. The summed E-state index contributed by atoms with van der Waals surface area (Å²) in [6.45, 7) is 4.14. The van der Waals surface area contributed by atoms with Crippen LogP contribution in [0.3, 0.4) is 0 Å². The van der Waals surface area contributed by atoms with Crippen LogP contribution in [-0.2, 0) is 0 Å². The van der Waals surface area contributed by atoms with Gasteiger partial charge in [0.25, 0.3) is 5.91 Å². The smallest absolute Gasteiger partial charge is 0.280 e. The molecule has 0 spiro atoms. The number of aliphatic hydroxyl groups is 1. The van der Waals surface area contributed by atoms with Gasteiger partial charge in [-0.15, -0.1) is 11.3 Å². The molecule has 4 nitrogen and oxygen atoms in total. The lowest BCUT2D eigenvalue weighted by molar-refractivity contribution is 0.0235. The van der Waals surface area contributed by atoms with E-state index in [1.165, 1.54) is 11.3 Å². The maximum absolute atomic E-state index is 12.6. The molecule has 1 saturated carbocycles. The molecule has 23 heavy (non-hydrogen) atoms. The predicted octanol–water partition coefficient (Wildman–Crippen LogP) is 3.51. The number of aromatic nitrogens is 1. The van der Waals surface area contributed by atoms with Crippen molar-refractivity contribution in [2.75, 3.05) is 0 Å². The number of hydrogen-bond acceptors (Lipinski definition) is 4. The van der Waals surface area contributed by atoms with E-state index in [-0.39, 0.29) is 24.0 Å². The highest BCUT2D eigenvalue weighted by molar-refractivity contribution is 7.11. The maximum Gasteiger partial charge on any atom is 0.280 e. The van der Waals surface area contributed by atoms with Gasteiger partial charge in [0.05, 0.1) is 17.8 Å². The molecule has 0 bridgehead atoms. The van der Waals surface area contributed by atoms with Gasteiger partial charge in [-0.3, -0.25) is 4.79 Å². The van der Waals surface area contributed by atoms with E-state index in [0.29, 0.717) is 10.9 Å². The Kier molecular flexibility index (Phi) is 4.78. The Balaban J connectivity index is 1.76. The van der Waals surface area contributed by atoms with Crippen LogP contribution in [0.4, 0.5) is 0 Å². The number of amides is 1. The van der Waals surface area contributed by atoms with Gasteiger partial charge in [0.1, 0.15) is 0 Å². The lowest BCUT2D eigenvalue weighted by Crippen LogP contribution is -2.41. The van der Waals surface area contributed by atoms with Gasteiger partial charge in [-0.25, -0.2) is 4.98 Å². The van der Waals surface area contributed by atoms with Crippen molar-refractivity contribution in [1.82, 2.24) is 10.3 Å². The molecule has 2 aromatic rings. The number of hydrogen-bond donors (Lipinski definition) is 2. The fourth-order valence-corrected chi connectivity index (χ4v) is 3.78. The van der Waals surface area contributed by atoms with Crippen molar-refractivity contribution in [3.63, 3.8) is 0 Å². The van der Waals surface area contributed by atoms with Crippen molar-refractivity contribution in [1.29, 1.82) is 0 Å². The minimum absolute atomic E-state index is 0.0708. The van der Waals surface area contributed by atoms with Crippen LogP contribution >= 0.6 is 11.3 Å². The van der Waals surface area contributed by atoms with Crippen LogP contribution in [0, 0.1) is 5.92 Å². The molecule has 1 aromatic carbocycles. The standard InChI is InChI=1S/C18H22N2O2S/c1-11(2)15-10-23-18(19-15)17(22)20-16(13-8-14(21)9-13)12-6-4-3-5-7-12/h3-7,10-11,13-14,16,21H,8-9H2,1-2H3,(H,20,22)/t13?,14?,16-/m1/s1. The Labute approximate surface area is 140 Å². The first-order valence-electron chi connectivity index (χ1n) is 8.04. The first kappa shape index (κ1) is 16.1. The molecule has 1 atom stereocenters. The minimum atomic E-state index is -0.240.